The number of halogens is 2. The monoisotopic (exact) mass is 418 g/mol. The molecular formula is C25H20ClFN2O. The molecule has 3 nitrogen and oxygen atoms in total. The third-order valence-corrected chi connectivity index (χ3v) is 5.23. The Bertz CT molecular complexity index is 1210. The maximum absolute atomic E-state index is 15.2. The smallest absolute Gasteiger partial charge is 0.256 e. The normalized spacial score (nSPS) is 12.0. The second kappa shape index (κ2) is 8.64. The minimum Gasteiger partial charge on any atom is -0.322 e. The van der Waals surface area contributed by atoms with Gasteiger partial charge in [-0.1, -0.05) is 59.6 Å². The SMILES string of the molecule is Cc1ccc(CC(F)c2ccc(Cl)cc2C(=O)Nc2ccc3cccnc3c2)cc1. The number of benzene rings is 3. The Morgan fingerprint density at radius 2 is 1.87 bits per heavy atom. The predicted octanol–water partition coefficient (Wildman–Crippen LogP) is 6.70. The molecule has 0 aliphatic heterocycles. The van der Waals surface area contributed by atoms with Crippen LogP contribution in [0.2, 0.25) is 5.02 Å². The molecule has 4 aromatic rings. The molecule has 0 aliphatic carbocycles. The number of aryl methyl sites for hydroxylation is 1. The molecule has 1 N–H and O–H groups in total. The van der Waals surface area contributed by atoms with E-state index in [0.717, 1.165) is 22.0 Å². The van der Waals surface area contributed by atoms with Crippen molar-refractivity contribution >= 4 is 34.1 Å². The van der Waals surface area contributed by atoms with Crippen LogP contribution in [0.4, 0.5) is 10.1 Å². The molecule has 3 aromatic carbocycles. The summed E-state index contributed by atoms with van der Waals surface area (Å²) in [4.78, 5) is 17.3. The minimum atomic E-state index is -1.33. The van der Waals surface area contributed by atoms with Crippen LogP contribution < -0.4 is 5.32 Å². The molecule has 5 heteroatoms. The van der Waals surface area contributed by atoms with Gasteiger partial charge in [-0.2, -0.15) is 0 Å². The van der Waals surface area contributed by atoms with Crippen LogP contribution in [0.5, 0.6) is 0 Å². The fraction of sp³-hybridized carbons (Fsp3) is 0.120. The molecule has 0 aliphatic rings. The molecule has 0 saturated heterocycles. The zero-order valence-electron chi connectivity index (χ0n) is 16.4. The van der Waals surface area contributed by atoms with Crippen LogP contribution >= 0.6 is 11.6 Å². The molecule has 0 bridgehead atoms. The van der Waals surface area contributed by atoms with Crippen LogP contribution in [0.3, 0.4) is 0 Å². The number of anilines is 1. The van der Waals surface area contributed by atoms with Crippen molar-refractivity contribution in [2.45, 2.75) is 19.5 Å². The van der Waals surface area contributed by atoms with Gasteiger partial charge in [0.25, 0.3) is 5.91 Å². The molecule has 150 valence electrons. The van der Waals surface area contributed by atoms with E-state index in [1.807, 2.05) is 49.4 Å². The molecule has 4 rings (SSSR count). The Balaban J connectivity index is 1.59. The number of hydrogen-bond acceptors (Lipinski definition) is 2. The summed E-state index contributed by atoms with van der Waals surface area (Å²) in [6.07, 6.45) is 0.549. The summed E-state index contributed by atoms with van der Waals surface area (Å²) in [6, 6.07) is 21.7. The van der Waals surface area contributed by atoms with E-state index in [1.165, 1.54) is 6.07 Å². The molecule has 1 heterocycles. The van der Waals surface area contributed by atoms with Gasteiger partial charge < -0.3 is 5.32 Å². The van der Waals surface area contributed by atoms with Crippen LogP contribution in [0.25, 0.3) is 10.9 Å². The minimum absolute atomic E-state index is 0.183. The quantitative estimate of drug-likeness (QED) is 0.391. The van der Waals surface area contributed by atoms with Crippen LogP contribution in [0.1, 0.15) is 33.2 Å². The van der Waals surface area contributed by atoms with Crippen molar-refractivity contribution in [1.82, 2.24) is 4.98 Å². The van der Waals surface area contributed by atoms with E-state index in [2.05, 4.69) is 10.3 Å². The maximum Gasteiger partial charge on any atom is 0.256 e. The number of amides is 1. The molecule has 30 heavy (non-hydrogen) atoms. The van der Waals surface area contributed by atoms with Gasteiger partial charge in [-0.3, -0.25) is 9.78 Å². The number of carbonyl (C=O) groups is 1. The largest absolute Gasteiger partial charge is 0.322 e. The van der Waals surface area contributed by atoms with Gasteiger partial charge in [0.1, 0.15) is 6.17 Å². The van der Waals surface area contributed by atoms with Crippen molar-refractivity contribution in [1.29, 1.82) is 0 Å². The lowest BCUT2D eigenvalue weighted by atomic mass is 9.97. The second-order valence-electron chi connectivity index (χ2n) is 7.25. The first kappa shape index (κ1) is 20.0. The summed E-state index contributed by atoms with van der Waals surface area (Å²) in [5.41, 5.74) is 3.88. The fourth-order valence-corrected chi connectivity index (χ4v) is 3.55. The summed E-state index contributed by atoms with van der Waals surface area (Å²) >= 11 is 6.11. The van der Waals surface area contributed by atoms with Crippen molar-refractivity contribution in [3.63, 3.8) is 0 Å². The van der Waals surface area contributed by atoms with Crippen LogP contribution in [0.15, 0.2) is 79.0 Å². The van der Waals surface area contributed by atoms with E-state index in [4.69, 9.17) is 11.6 Å². The standard InChI is InChI=1S/C25H20ClFN2O/c1-16-4-6-17(7-5-16)13-23(27)21-11-9-19(26)14-22(21)25(30)29-20-10-8-18-3-2-12-28-24(18)15-20/h2-12,14-15,23H,13H2,1H3,(H,29,30). The van der Waals surface area contributed by atoms with E-state index in [0.29, 0.717) is 16.3 Å². The van der Waals surface area contributed by atoms with E-state index in [1.54, 1.807) is 30.5 Å². The Labute approximate surface area is 179 Å². The Hall–Kier alpha value is -3.24. The number of carbonyl (C=O) groups excluding carboxylic acids is 1. The number of aromatic nitrogens is 1. The fourth-order valence-electron chi connectivity index (χ4n) is 3.38. The topological polar surface area (TPSA) is 42.0 Å². The summed E-state index contributed by atoms with van der Waals surface area (Å²) in [7, 11) is 0. The van der Waals surface area contributed by atoms with Crippen molar-refractivity contribution in [2.24, 2.45) is 0 Å². The molecule has 0 fully saturated rings. The Morgan fingerprint density at radius 3 is 2.67 bits per heavy atom. The summed E-state index contributed by atoms with van der Waals surface area (Å²) in [6.45, 7) is 1.99. The van der Waals surface area contributed by atoms with Gasteiger partial charge in [-0.25, -0.2) is 4.39 Å². The van der Waals surface area contributed by atoms with Gasteiger partial charge in [0.05, 0.1) is 5.52 Å². The average molecular weight is 419 g/mol. The number of pyridine rings is 1. The van der Waals surface area contributed by atoms with Crippen molar-refractivity contribution in [3.8, 4) is 0 Å². The summed E-state index contributed by atoms with van der Waals surface area (Å²) < 4.78 is 15.2. The lowest BCUT2D eigenvalue weighted by molar-refractivity contribution is 0.102. The molecule has 0 spiro atoms. The zero-order valence-corrected chi connectivity index (χ0v) is 17.2. The summed E-state index contributed by atoms with van der Waals surface area (Å²) in [5.74, 6) is -0.408. The van der Waals surface area contributed by atoms with Gasteiger partial charge in [-0.15, -0.1) is 0 Å². The van der Waals surface area contributed by atoms with Gasteiger partial charge in [0.2, 0.25) is 0 Å². The Kier molecular flexibility index (Phi) is 5.77. The van der Waals surface area contributed by atoms with Crippen LogP contribution in [-0.4, -0.2) is 10.9 Å². The highest BCUT2D eigenvalue weighted by atomic mass is 35.5. The number of rotatable bonds is 5. The van der Waals surface area contributed by atoms with E-state index in [-0.39, 0.29) is 12.0 Å². The molecule has 0 radical (unpaired) electrons. The molecule has 0 saturated carbocycles. The first-order valence-corrected chi connectivity index (χ1v) is 10.0. The van der Waals surface area contributed by atoms with Crippen molar-refractivity contribution in [3.05, 3.63) is 106 Å². The van der Waals surface area contributed by atoms with E-state index in [9.17, 15) is 4.79 Å². The first-order chi connectivity index (χ1) is 14.5. The van der Waals surface area contributed by atoms with Gasteiger partial charge in [0.15, 0.2) is 0 Å². The highest BCUT2D eigenvalue weighted by Gasteiger charge is 2.20. The maximum atomic E-state index is 15.2. The first-order valence-electron chi connectivity index (χ1n) is 9.65. The molecule has 1 aromatic heterocycles. The van der Waals surface area contributed by atoms with Crippen molar-refractivity contribution < 1.29 is 9.18 Å². The molecule has 1 amide bonds. The number of fused-ring (bicyclic) bond motifs is 1. The Morgan fingerprint density at radius 1 is 1.07 bits per heavy atom. The molecule has 1 atom stereocenters. The number of alkyl halides is 1. The van der Waals surface area contributed by atoms with E-state index >= 15 is 4.39 Å². The molecule has 1 unspecified atom stereocenters. The van der Waals surface area contributed by atoms with E-state index < -0.39 is 12.1 Å². The van der Waals surface area contributed by atoms with Crippen molar-refractivity contribution in [2.75, 3.05) is 5.32 Å². The third kappa shape index (κ3) is 4.50. The van der Waals surface area contributed by atoms with Crippen LogP contribution in [0, 0.1) is 6.92 Å². The second-order valence-corrected chi connectivity index (χ2v) is 7.69. The van der Waals surface area contributed by atoms with Gasteiger partial charge >= 0.3 is 0 Å². The van der Waals surface area contributed by atoms with Gasteiger partial charge in [-0.05, 0) is 48.4 Å². The third-order valence-electron chi connectivity index (χ3n) is 5.00. The lowest BCUT2D eigenvalue weighted by Gasteiger charge is -2.15. The number of nitrogens with one attached hydrogen (secondary N) is 1. The zero-order chi connectivity index (χ0) is 21.1. The predicted molar refractivity (Wildman–Crippen MR) is 120 cm³/mol. The average Bonchev–Trinajstić information content (AvgIpc) is 2.75. The highest BCUT2D eigenvalue weighted by Crippen LogP contribution is 2.29. The van der Waals surface area contributed by atoms with Gasteiger partial charge in [0, 0.05) is 34.3 Å². The summed E-state index contributed by atoms with van der Waals surface area (Å²) in [5, 5.41) is 4.19. The highest BCUT2D eigenvalue weighted by molar-refractivity contribution is 6.31. The molecular weight excluding hydrogens is 399 g/mol. The number of nitrogens with zero attached hydrogens (tertiary/aromatic N) is 1. The lowest BCUT2D eigenvalue weighted by Crippen LogP contribution is -2.15. The number of hydrogen-bond donors (Lipinski definition) is 1. The van der Waals surface area contributed by atoms with Crippen LogP contribution in [-0.2, 0) is 6.42 Å².